The number of morpholine rings is 1. The number of aromatic nitrogens is 4. The number of aryl methyl sites for hydroxylation is 1. The highest BCUT2D eigenvalue weighted by Gasteiger charge is 2.40. The maximum Gasteiger partial charge on any atom is 0.425 e. The monoisotopic (exact) mass is 1040 g/mol. The normalized spacial score (nSPS) is 17.0. The predicted octanol–water partition coefficient (Wildman–Crippen LogP) is 10.8. The molecule has 2 amide bonds. The summed E-state index contributed by atoms with van der Waals surface area (Å²) in [6, 6.07) is 21.2. The summed E-state index contributed by atoms with van der Waals surface area (Å²) >= 11 is 0. The number of halogens is 2. The number of fused-ring (bicyclic) bond motifs is 1. The summed E-state index contributed by atoms with van der Waals surface area (Å²) in [5, 5.41) is 0.113. The van der Waals surface area contributed by atoms with Crippen LogP contribution in [0.4, 0.5) is 35.7 Å². The van der Waals surface area contributed by atoms with Crippen molar-refractivity contribution in [1.82, 2.24) is 24.8 Å². The summed E-state index contributed by atoms with van der Waals surface area (Å²) in [5.74, 6) is -0.144. The van der Waals surface area contributed by atoms with Gasteiger partial charge >= 0.3 is 18.2 Å². The molecule has 2 saturated heterocycles. The van der Waals surface area contributed by atoms with Gasteiger partial charge < -0.3 is 43.0 Å². The van der Waals surface area contributed by atoms with Gasteiger partial charge in [-0.25, -0.2) is 28.3 Å². The lowest BCUT2D eigenvalue weighted by Crippen LogP contribution is -2.46. The van der Waals surface area contributed by atoms with Crippen LogP contribution in [0, 0.1) is 18.6 Å². The average Bonchev–Trinajstić information content (AvgIpc) is 3.74. The van der Waals surface area contributed by atoms with Crippen LogP contribution in [0.25, 0.3) is 22.2 Å². The number of hydrogen-bond acceptors (Lipinski definition) is 16. The van der Waals surface area contributed by atoms with Crippen molar-refractivity contribution in [1.29, 1.82) is 0 Å². The largest absolute Gasteiger partial charge is 0.497 e. The molecule has 6 aromatic rings. The highest BCUT2D eigenvalue weighted by Crippen LogP contribution is 2.44. The molecule has 9 rings (SSSR count). The number of methoxy groups -OCH3 is 2. The zero-order valence-corrected chi connectivity index (χ0v) is 44.8. The second-order valence-electron chi connectivity index (χ2n) is 21.3. The minimum absolute atomic E-state index is 0.00104. The van der Waals surface area contributed by atoms with Crippen LogP contribution in [-0.2, 0) is 27.3 Å². The van der Waals surface area contributed by atoms with Crippen LogP contribution >= 0.6 is 0 Å². The number of rotatable bonds is 14. The Morgan fingerprint density at radius 2 is 1.46 bits per heavy atom. The highest BCUT2D eigenvalue weighted by atomic mass is 19.1. The van der Waals surface area contributed by atoms with Gasteiger partial charge in [-0.3, -0.25) is 4.90 Å². The molecule has 0 aliphatic carbocycles. The third kappa shape index (κ3) is 11.7. The number of carbonyl (C=O) groups is 2. The van der Waals surface area contributed by atoms with E-state index in [-0.39, 0.29) is 83.2 Å². The van der Waals surface area contributed by atoms with Crippen molar-refractivity contribution in [3.05, 3.63) is 113 Å². The van der Waals surface area contributed by atoms with Crippen molar-refractivity contribution < 1.29 is 51.5 Å². The molecular formula is C57H66F2N8O9. The van der Waals surface area contributed by atoms with Crippen molar-refractivity contribution in [2.24, 2.45) is 0 Å². The Morgan fingerprint density at radius 3 is 2.08 bits per heavy atom. The zero-order valence-electron chi connectivity index (χ0n) is 44.8. The van der Waals surface area contributed by atoms with E-state index in [2.05, 4.69) is 9.88 Å². The van der Waals surface area contributed by atoms with E-state index >= 15 is 8.78 Å². The first kappa shape index (κ1) is 53.4. The number of amides is 2. The van der Waals surface area contributed by atoms with Crippen molar-refractivity contribution >= 4 is 40.4 Å². The van der Waals surface area contributed by atoms with Gasteiger partial charge in [0.25, 0.3) is 0 Å². The average molecular weight is 1050 g/mol. The van der Waals surface area contributed by atoms with Gasteiger partial charge in [0.1, 0.15) is 58.3 Å². The Kier molecular flexibility index (Phi) is 15.5. The Hall–Kier alpha value is -7.38. The Bertz CT molecular complexity index is 3000. The zero-order chi connectivity index (χ0) is 54.1. The third-order valence-electron chi connectivity index (χ3n) is 13.5. The Balaban J connectivity index is 1.17. The van der Waals surface area contributed by atoms with Crippen LogP contribution in [0.2, 0.25) is 0 Å². The lowest BCUT2D eigenvalue weighted by Gasteiger charge is -2.34. The van der Waals surface area contributed by atoms with E-state index in [0.29, 0.717) is 48.9 Å². The summed E-state index contributed by atoms with van der Waals surface area (Å²) < 4.78 is 76.8. The predicted molar refractivity (Wildman–Crippen MR) is 284 cm³/mol. The quantitative estimate of drug-likeness (QED) is 0.101. The molecule has 3 aliphatic heterocycles. The summed E-state index contributed by atoms with van der Waals surface area (Å²) in [7, 11) is 3.19. The van der Waals surface area contributed by atoms with E-state index in [1.807, 2.05) is 72.2 Å². The molecular weight excluding hydrogens is 979 g/mol. The van der Waals surface area contributed by atoms with Crippen molar-refractivity contribution in [3.63, 3.8) is 0 Å². The van der Waals surface area contributed by atoms with Crippen LogP contribution in [-0.4, -0.2) is 114 Å². The second-order valence-corrected chi connectivity index (χ2v) is 21.3. The van der Waals surface area contributed by atoms with Gasteiger partial charge in [-0.05, 0) is 127 Å². The van der Waals surface area contributed by atoms with E-state index in [1.54, 1.807) is 80.0 Å². The third-order valence-corrected chi connectivity index (χ3v) is 13.5. The van der Waals surface area contributed by atoms with Gasteiger partial charge in [0, 0.05) is 49.0 Å². The number of anilines is 3. The fourth-order valence-corrected chi connectivity index (χ4v) is 9.91. The summed E-state index contributed by atoms with van der Waals surface area (Å²) in [6.07, 6.45) is 1.26. The molecule has 3 atom stereocenters. The molecule has 0 radical (unpaired) electrons. The van der Waals surface area contributed by atoms with Crippen molar-refractivity contribution in [2.45, 2.75) is 111 Å². The standard InChI is InChI=1S/C57H66F2N8O9/c1-34-28-43(46(58)44(29-34)64(30-36-13-19-40(70-9)20-14-36)31-37-15-21-41(71-10)22-16-37)48-47(59)49-45-51(63-53(62-49)74-33-39-18-17-38-32-72-26-24-66(38)39)65(25-27-73-52(45)61-48)35(2)42-12-11-23-60-50(42)67(54(68)75-56(3,4)5)55(69)76-57(6,7)8/h11-16,19-23,28-29,35,38-39H,17-18,24-27,30-33H2,1-10H3/t35-,38+,39+/m1/s1. The van der Waals surface area contributed by atoms with Gasteiger partial charge in [0.2, 0.25) is 5.88 Å². The van der Waals surface area contributed by atoms with Crippen molar-refractivity contribution in [2.75, 3.05) is 68.4 Å². The smallest absolute Gasteiger partial charge is 0.425 e. The lowest BCUT2D eigenvalue weighted by atomic mass is 10.0. The molecule has 3 aliphatic rings. The summed E-state index contributed by atoms with van der Waals surface area (Å²) in [4.78, 5) is 54.0. The van der Waals surface area contributed by atoms with Crippen LogP contribution in [0.1, 0.15) is 89.6 Å². The fourth-order valence-electron chi connectivity index (χ4n) is 9.91. The van der Waals surface area contributed by atoms with Crippen LogP contribution in [0.3, 0.4) is 0 Å². The fraction of sp³-hybridized carbons (Fsp3) is 0.439. The molecule has 402 valence electrons. The minimum Gasteiger partial charge on any atom is -0.497 e. The molecule has 0 saturated carbocycles. The van der Waals surface area contributed by atoms with Gasteiger partial charge in [0.15, 0.2) is 17.5 Å². The molecule has 17 nitrogen and oxygen atoms in total. The Morgan fingerprint density at radius 1 is 0.816 bits per heavy atom. The maximum atomic E-state index is 18.1. The van der Waals surface area contributed by atoms with E-state index in [0.717, 1.165) is 35.4 Å². The molecule has 3 aromatic heterocycles. The first-order valence-electron chi connectivity index (χ1n) is 25.6. The molecule has 2 fully saturated rings. The maximum absolute atomic E-state index is 18.1. The van der Waals surface area contributed by atoms with Crippen LogP contribution < -0.4 is 33.6 Å². The van der Waals surface area contributed by atoms with Gasteiger partial charge in [-0.1, -0.05) is 30.3 Å². The summed E-state index contributed by atoms with van der Waals surface area (Å²) in [6.45, 7) is 16.7. The van der Waals surface area contributed by atoms with Gasteiger partial charge in [-0.15, -0.1) is 0 Å². The summed E-state index contributed by atoms with van der Waals surface area (Å²) in [5.41, 5.74) is 0.449. The van der Waals surface area contributed by atoms with E-state index in [1.165, 1.54) is 6.20 Å². The lowest BCUT2D eigenvalue weighted by molar-refractivity contribution is -0.0101. The number of benzene rings is 3. The van der Waals surface area contributed by atoms with Crippen molar-refractivity contribution in [3.8, 4) is 34.6 Å². The second kappa shape index (κ2) is 22.1. The number of imide groups is 1. The first-order valence-corrected chi connectivity index (χ1v) is 25.6. The molecule has 0 spiro atoms. The Labute approximate surface area is 442 Å². The number of hydrogen-bond donors (Lipinski definition) is 0. The van der Waals surface area contributed by atoms with Gasteiger partial charge in [-0.2, -0.15) is 14.9 Å². The molecule has 0 unspecified atom stereocenters. The number of carbonyl (C=O) groups excluding carboxylic acids is 2. The molecule has 0 bridgehead atoms. The SMILES string of the molecule is COc1ccc(CN(Cc2ccc(OC)cc2)c2cc(C)cc(-c3nc4c5c(nc(OC[C@@H]6CC[C@H]7COCCN76)nc5c3F)N([C@H](C)c3cccnc3N(C(=O)OC(C)(C)C)C(=O)OC(C)(C)C)CCO4)c2F)cc1. The molecule has 0 N–H and O–H groups in total. The number of pyridine rings is 2. The van der Waals surface area contributed by atoms with Crippen LogP contribution in [0.15, 0.2) is 79.0 Å². The van der Waals surface area contributed by atoms with E-state index in [4.69, 9.17) is 48.1 Å². The molecule has 6 heterocycles. The van der Waals surface area contributed by atoms with Crippen LogP contribution in [0.5, 0.6) is 23.4 Å². The van der Waals surface area contributed by atoms with E-state index in [9.17, 15) is 9.59 Å². The molecule has 3 aromatic carbocycles. The van der Waals surface area contributed by atoms with E-state index < -0.39 is 41.1 Å². The molecule has 76 heavy (non-hydrogen) atoms. The number of nitrogens with zero attached hydrogens (tertiary/aromatic N) is 8. The first-order chi connectivity index (χ1) is 36.3. The molecule has 19 heteroatoms. The highest BCUT2D eigenvalue weighted by molar-refractivity contribution is 6.09. The number of ether oxygens (including phenoxy) is 7. The minimum atomic E-state index is -0.997. The topological polar surface area (TPSA) is 163 Å². The van der Waals surface area contributed by atoms with Gasteiger partial charge in [0.05, 0.1) is 45.7 Å².